The highest BCUT2D eigenvalue weighted by Crippen LogP contribution is 2.32. The van der Waals surface area contributed by atoms with Crippen LogP contribution in [0, 0.1) is 24.2 Å². The van der Waals surface area contributed by atoms with Crippen LogP contribution in [0.15, 0.2) is 0 Å². The zero-order valence-corrected chi connectivity index (χ0v) is 22.4. The number of amides is 1. The molecule has 1 fully saturated rings. The van der Waals surface area contributed by atoms with Crippen LogP contribution in [-0.2, 0) is 23.9 Å². The zero-order chi connectivity index (χ0) is 25.9. The van der Waals surface area contributed by atoms with E-state index in [0.29, 0.717) is 19.3 Å². The molecule has 6 heteroatoms. The first kappa shape index (κ1) is 31.0. The Morgan fingerprint density at radius 3 is 2.34 bits per heavy atom. The Labute approximate surface area is 213 Å². The van der Waals surface area contributed by atoms with Crippen LogP contribution in [0.2, 0.25) is 0 Å². The molecule has 0 spiro atoms. The summed E-state index contributed by atoms with van der Waals surface area (Å²) < 4.78 is 11.4. The molecule has 200 valence electrons. The molecule has 1 aliphatic rings. The van der Waals surface area contributed by atoms with Gasteiger partial charge in [0.1, 0.15) is 18.2 Å². The summed E-state index contributed by atoms with van der Waals surface area (Å²) in [6.07, 6.45) is 21.2. The predicted molar refractivity (Wildman–Crippen MR) is 139 cm³/mol. The number of nitrogens with one attached hydrogen (secondary N) is 1. The molecule has 0 aromatic carbocycles. The Kier molecular flexibility index (Phi) is 17.0. The second kappa shape index (κ2) is 19.2. The number of esters is 2. The van der Waals surface area contributed by atoms with Crippen molar-refractivity contribution in [2.45, 2.75) is 142 Å². The lowest BCUT2D eigenvalue weighted by atomic mass is 9.86. The number of unbranched alkanes of at least 4 members (excludes halogenated alkanes) is 10. The summed E-state index contributed by atoms with van der Waals surface area (Å²) >= 11 is 0. The summed E-state index contributed by atoms with van der Waals surface area (Å²) in [7, 11) is 0. The molecule has 1 saturated heterocycles. The molecule has 0 bridgehead atoms. The van der Waals surface area contributed by atoms with Gasteiger partial charge in [-0.2, -0.15) is 0 Å². The fourth-order valence-electron chi connectivity index (χ4n) is 4.70. The van der Waals surface area contributed by atoms with E-state index in [-0.39, 0.29) is 30.0 Å². The lowest BCUT2D eigenvalue weighted by Crippen LogP contribution is -2.48. The van der Waals surface area contributed by atoms with E-state index in [1.165, 1.54) is 25.7 Å². The van der Waals surface area contributed by atoms with Crippen LogP contribution in [0.1, 0.15) is 124 Å². The van der Waals surface area contributed by atoms with Crippen molar-refractivity contribution in [1.29, 1.82) is 0 Å². The molecule has 1 amide bonds. The van der Waals surface area contributed by atoms with Crippen LogP contribution >= 0.6 is 0 Å². The Balaban J connectivity index is 2.59. The lowest BCUT2D eigenvalue weighted by Gasteiger charge is -2.37. The van der Waals surface area contributed by atoms with Crippen LogP contribution in [0.25, 0.3) is 0 Å². The van der Waals surface area contributed by atoms with Crippen molar-refractivity contribution in [3.8, 4) is 12.3 Å². The molecule has 0 aromatic rings. The standard InChI is InChI=1S/C29H49NO5/c1-5-7-9-11-12-13-14-15-16-18-24(34-29(33)26(30-22-31)20-23(3)4)21-27-25(28(32)35-27)19-17-10-8-6-2/h1,22-27H,6-21H2,2-4H3,(H,30,31)/t24-,25-,26+,27-/m0/s1. The van der Waals surface area contributed by atoms with Gasteiger partial charge in [-0.3, -0.25) is 9.59 Å². The Morgan fingerprint density at radius 2 is 1.74 bits per heavy atom. The number of carbonyl (C=O) groups excluding carboxylic acids is 3. The third kappa shape index (κ3) is 13.6. The van der Waals surface area contributed by atoms with E-state index in [1.54, 1.807) is 0 Å². The highest BCUT2D eigenvalue weighted by Gasteiger charge is 2.43. The molecule has 0 aliphatic carbocycles. The van der Waals surface area contributed by atoms with Gasteiger partial charge in [0.05, 0.1) is 5.92 Å². The van der Waals surface area contributed by atoms with Gasteiger partial charge in [-0.25, -0.2) is 4.79 Å². The maximum atomic E-state index is 12.9. The summed E-state index contributed by atoms with van der Waals surface area (Å²) in [5.74, 6) is 2.33. The van der Waals surface area contributed by atoms with E-state index >= 15 is 0 Å². The number of terminal acetylenes is 1. The number of hydrogen-bond acceptors (Lipinski definition) is 5. The van der Waals surface area contributed by atoms with Crippen molar-refractivity contribution >= 4 is 18.3 Å². The Hall–Kier alpha value is -2.03. The summed E-state index contributed by atoms with van der Waals surface area (Å²) in [4.78, 5) is 35.9. The number of cyclic esters (lactones) is 1. The number of ether oxygens (including phenoxy) is 2. The summed E-state index contributed by atoms with van der Waals surface area (Å²) in [5.41, 5.74) is 0. The van der Waals surface area contributed by atoms with Gasteiger partial charge in [-0.15, -0.1) is 12.3 Å². The predicted octanol–water partition coefficient (Wildman–Crippen LogP) is 6.11. The van der Waals surface area contributed by atoms with Crippen LogP contribution < -0.4 is 5.32 Å². The second-order valence-electron chi connectivity index (χ2n) is 10.4. The third-order valence-corrected chi connectivity index (χ3v) is 6.77. The topological polar surface area (TPSA) is 81.7 Å². The lowest BCUT2D eigenvalue weighted by molar-refractivity contribution is -0.190. The zero-order valence-electron chi connectivity index (χ0n) is 22.4. The number of carbonyl (C=O) groups is 3. The summed E-state index contributed by atoms with van der Waals surface area (Å²) in [5, 5.41) is 2.61. The maximum absolute atomic E-state index is 12.9. The van der Waals surface area contributed by atoms with E-state index in [2.05, 4.69) is 18.2 Å². The smallest absolute Gasteiger partial charge is 0.328 e. The van der Waals surface area contributed by atoms with Gasteiger partial charge in [-0.1, -0.05) is 78.6 Å². The average Bonchev–Trinajstić information content (AvgIpc) is 2.81. The van der Waals surface area contributed by atoms with Gasteiger partial charge < -0.3 is 14.8 Å². The molecular weight excluding hydrogens is 442 g/mol. The van der Waals surface area contributed by atoms with Crippen LogP contribution in [0.3, 0.4) is 0 Å². The molecule has 0 saturated carbocycles. The first-order chi connectivity index (χ1) is 16.9. The normalized spacial score (nSPS) is 18.8. The average molecular weight is 492 g/mol. The summed E-state index contributed by atoms with van der Waals surface area (Å²) in [6, 6.07) is -0.646. The third-order valence-electron chi connectivity index (χ3n) is 6.77. The van der Waals surface area contributed by atoms with Gasteiger partial charge in [0, 0.05) is 12.8 Å². The molecule has 0 unspecified atom stereocenters. The van der Waals surface area contributed by atoms with Crippen LogP contribution in [-0.4, -0.2) is 36.6 Å². The molecule has 1 rings (SSSR count). The van der Waals surface area contributed by atoms with Crippen molar-refractivity contribution in [3.63, 3.8) is 0 Å². The first-order valence-electron chi connectivity index (χ1n) is 14.0. The monoisotopic (exact) mass is 491 g/mol. The molecule has 0 aromatic heterocycles. The SMILES string of the molecule is C#CCCCCCCCCC[C@@H](C[C@@H]1OC(=O)[C@H]1CCCCCC)OC(=O)[C@@H](CC(C)C)NC=O. The molecule has 35 heavy (non-hydrogen) atoms. The fraction of sp³-hybridized carbons (Fsp3) is 0.828. The van der Waals surface area contributed by atoms with Crippen molar-refractivity contribution < 1.29 is 23.9 Å². The minimum atomic E-state index is -0.646. The van der Waals surface area contributed by atoms with E-state index in [1.807, 2.05) is 13.8 Å². The molecular formula is C29H49NO5. The molecule has 6 nitrogen and oxygen atoms in total. The van der Waals surface area contributed by atoms with Crippen molar-refractivity contribution in [2.75, 3.05) is 0 Å². The Bertz CT molecular complexity index is 641. The highest BCUT2D eigenvalue weighted by molar-refractivity contribution is 5.79. The number of rotatable bonds is 22. The van der Waals surface area contributed by atoms with Crippen molar-refractivity contribution in [1.82, 2.24) is 5.32 Å². The van der Waals surface area contributed by atoms with Crippen molar-refractivity contribution in [2.24, 2.45) is 11.8 Å². The summed E-state index contributed by atoms with van der Waals surface area (Å²) in [6.45, 7) is 6.19. The Morgan fingerprint density at radius 1 is 1.09 bits per heavy atom. The van der Waals surface area contributed by atoms with E-state index in [0.717, 1.165) is 64.2 Å². The van der Waals surface area contributed by atoms with Gasteiger partial charge >= 0.3 is 11.9 Å². The van der Waals surface area contributed by atoms with Gasteiger partial charge in [0.2, 0.25) is 6.41 Å². The quantitative estimate of drug-likeness (QED) is 0.0856. The largest absolute Gasteiger partial charge is 0.461 e. The van der Waals surface area contributed by atoms with Crippen molar-refractivity contribution in [3.05, 3.63) is 0 Å². The molecule has 1 aliphatic heterocycles. The first-order valence-corrected chi connectivity index (χ1v) is 14.0. The fourth-order valence-corrected chi connectivity index (χ4v) is 4.70. The van der Waals surface area contributed by atoms with Crippen LogP contribution in [0.5, 0.6) is 0 Å². The van der Waals surface area contributed by atoms with Gasteiger partial charge in [-0.05, 0) is 38.0 Å². The second-order valence-corrected chi connectivity index (χ2v) is 10.4. The van der Waals surface area contributed by atoms with Crippen LogP contribution in [0.4, 0.5) is 0 Å². The molecule has 4 atom stereocenters. The van der Waals surface area contributed by atoms with E-state index in [9.17, 15) is 14.4 Å². The molecule has 0 radical (unpaired) electrons. The highest BCUT2D eigenvalue weighted by atomic mass is 16.6. The molecule has 1 heterocycles. The maximum Gasteiger partial charge on any atom is 0.328 e. The molecule has 1 N–H and O–H groups in total. The van der Waals surface area contributed by atoms with E-state index in [4.69, 9.17) is 15.9 Å². The van der Waals surface area contributed by atoms with Gasteiger partial charge in [0.15, 0.2) is 0 Å². The van der Waals surface area contributed by atoms with E-state index < -0.39 is 12.0 Å². The minimum Gasteiger partial charge on any atom is -0.461 e. The minimum absolute atomic E-state index is 0.0874. The number of hydrogen-bond donors (Lipinski definition) is 1. The van der Waals surface area contributed by atoms with Gasteiger partial charge in [0.25, 0.3) is 0 Å².